The topological polar surface area (TPSA) is 87.3 Å². The van der Waals surface area contributed by atoms with Crippen LogP contribution < -0.4 is 5.32 Å². The molecule has 0 spiro atoms. The molecule has 0 radical (unpaired) electrons. The first-order valence-corrected chi connectivity index (χ1v) is 6.61. The summed E-state index contributed by atoms with van der Waals surface area (Å²) >= 11 is 0. The number of fused-ring (bicyclic) bond motifs is 1. The molecular formula is C15H18ClN3O3. The molecule has 1 aromatic carbocycles. The number of rotatable bonds is 4. The van der Waals surface area contributed by atoms with Gasteiger partial charge in [-0.25, -0.2) is 4.79 Å². The lowest BCUT2D eigenvalue weighted by molar-refractivity contribution is 0.0527. The minimum absolute atomic E-state index is 0. The molecule has 1 heterocycles. The average Bonchev–Trinajstić information content (AvgIpc) is 2.71. The number of hydrogen-bond acceptors (Lipinski definition) is 5. The number of halogens is 1. The first kappa shape index (κ1) is 17.8. The van der Waals surface area contributed by atoms with E-state index in [2.05, 4.69) is 5.32 Å². The highest BCUT2D eigenvalue weighted by Gasteiger charge is 2.23. The van der Waals surface area contributed by atoms with Crippen LogP contribution in [0.4, 0.5) is 0 Å². The monoisotopic (exact) mass is 323 g/mol. The van der Waals surface area contributed by atoms with Crippen molar-refractivity contribution in [1.29, 1.82) is 5.26 Å². The number of esters is 1. The molecule has 0 unspecified atom stereocenters. The summed E-state index contributed by atoms with van der Waals surface area (Å²) in [6, 6.07) is 4.95. The second-order valence-electron chi connectivity index (χ2n) is 4.63. The highest BCUT2D eigenvalue weighted by molar-refractivity contribution is 6.06. The van der Waals surface area contributed by atoms with E-state index in [4.69, 9.17) is 10.00 Å². The largest absolute Gasteiger partial charge is 0.507 e. The molecule has 0 bridgehead atoms. The van der Waals surface area contributed by atoms with Crippen LogP contribution in [0, 0.1) is 11.3 Å². The van der Waals surface area contributed by atoms with Crippen molar-refractivity contribution in [2.45, 2.75) is 13.5 Å². The molecule has 2 N–H and O–H groups in total. The number of aromatic hydroxyl groups is 1. The molecule has 7 heteroatoms. The van der Waals surface area contributed by atoms with Gasteiger partial charge in [0.15, 0.2) is 0 Å². The zero-order valence-corrected chi connectivity index (χ0v) is 13.5. The summed E-state index contributed by atoms with van der Waals surface area (Å²) < 4.78 is 6.94. The average molecular weight is 324 g/mol. The standard InChI is InChI=1S/C15H17N3O3.ClH/c1-4-21-15(20)14-10-6-13(19)9(7-16)5-11(10)18(3)12(14)8-17-2;/h5-6,17,19H,4,8H2,1-3H3;1H. The van der Waals surface area contributed by atoms with Gasteiger partial charge in [0.25, 0.3) is 0 Å². The fraction of sp³-hybridized carbons (Fsp3) is 0.333. The Balaban J connectivity index is 0.00000242. The van der Waals surface area contributed by atoms with E-state index in [0.717, 1.165) is 5.69 Å². The predicted octanol–water partition coefficient (Wildman–Crippen LogP) is 2.07. The van der Waals surface area contributed by atoms with E-state index in [0.29, 0.717) is 23.0 Å². The molecule has 1 aromatic heterocycles. The van der Waals surface area contributed by atoms with Crippen LogP contribution in [0.2, 0.25) is 0 Å². The van der Waals surface area contributed by atoms with E-state index in [1.165, 1.54) is 6.07 Å². The maximum Gasteiger partial charge on any atom is 0.340 e. The summed E-state index contributed by atoms with van der Waals surface area (Å²) in [5.74, 6) is -0.574. The van der Waals surface area contributed by atoms with Gasteiger partial charge in [0, 0.05) is 24.7 Å². The van der Waals surface area contributed by atoms with Gasteiger partial charge in [0.1, 0.15) is 11.8 Å². The zero-order valence-electron chi connectivity index (χ0n) is 12.6. The normalized spacial score (nSPS) is 10.1. The summed E-state index contributed by atoms with van der Waals surface area (Å²) in [4.78, 5) is 12.2. The summed E-state index contributed by atoms with van der Waals surface area (Å²) in [5.41, 5.74) is 2.05. The van der Waals surface area contributed by atoms with Crippen molar-refractivity contribution in [3.63, 3.8) is 0 Å². The number of nitrogens with one attached hydrogen (secondary N) is 1. The Kier molecular flexibility index (Phi) is 5.80. The minimum atomic E-state index is -0.433. The number of ether oxygens (including phenoxy) is 1. The van der Waals surface area contributed by atoms with Gasteiger partial charge in [-0.3, -0.25) is 0 Å². The third-order valence-electron chi connectivity index (χ3n) is 3.38. The van der Waals surface area contributed by atoms with Gasteiger partial charge < -0.3 is 19.7 Å². The molecule has 22 heavy (non-hydrogen) atoms. The smallest absolute Gasteiger partial charge is 0.340 e. The second-order valence-corrected chi connectivity index (χ2v) is 4.63. The molecule has 0 aliphatic heterocycles. The first-order chi connectivity index (χ1) is 10.0. The van der Waals surface area contributed by atoms with Crippen LogP contribution in [0.3, 0.4) is 0 Å². The molecule has 2 rings (SSSR count). The maximum absolute atomic E-state index is 12.2. The molecule has 0 saturated heterocycles. The number of phenolic OH excluding ortho intramolecular Hbond substituents is 1. The number of nitrogens with zero attached hydrogens (tertiary/aromatic N) is 2. The van der Waals surface area contributed by atoms with E-state index >= 15 is 0 Å². The highest BCUT2D eigenvalue weighted by Crippen LogP contribution is 2.31. The van der Waals surface area contributed by atoms with Crippen LogP contribution in [0.25, 0.3) is 10.9 Å². The SMILES string of the molecule is CCOC(=O)c1c(CNC)n(C)c2cc(C#N)c(O)cc12.Cl. The Bertz CT molecular complexity index is 747. The number of carbonyl (C=O) groups is 1. The van der Waals surface area contributed by atoms with Crippen LogP contribution in [0.1, 0.15) is 28.5 Å². The molecule has 6 nitrogen and oxygen atoms in total. The van der Waals surface area contributed by atoms with Crippen molar-refractivity contribution >= 4 is 29.3 Å². The van der Waals surface area contributed by atoms with Crippen molar-refractivity contribution in [3.8, 4) is 11.8 Å². The number of nitriles is 1. The molecule has 0 atom stereocenters. The molecular weight excluding hydrogens is 306 g/mol. The zero-order chi connectivity index (χ0) is 15.6. The number of carbonyl (C=O) groups excluding carboxylic acids is 1. The van der Waals surface area contributed by atoms with Crippen LogP contribution in [-0.4, -0.2) is 29.3 Å². The van der Waals surface area contributed by atoms with Gasteiger partial charge in [-0.2, -0.15) is 5.26 Å². The number of phenols is 1. The number of benzene rings is 1. The van der Waals surface area contributed by atoms with Crippen LogP contribution in [0.5, 0.6) is 5.75 Å². The first-order valence-electron chi connectivity index (χ1n) is 6.61. The Morgan fingerprint density at radius 3 is 2.73 bits per heavy atom. The fourth-order valence-corrected chi connectivity index (χ4v) is 2.42. The number of aryl methyl sites for hydroxylation is 1. The van der Waals surface area contributed by atoms with E-state index < -0.39 is 5.97 Å². The minimum Gasteiger partial charge on any atom is -0.507 e. The number of aromatic nitrogens is 1. The molecule has 0 fully saturated rings. The summed E-state index contributed by atoms with van der Waals surface area (Å²) in [6.07, 6.45) is 0. The second kappa shape index (κ2) is 7.16. The van der Waals surface area contributed by atoms with Gasteiger partial charge in [-0.1, -0.05) is 0 Å². The molecule has 0 amide bonds. The summed E-state index contributed by atoms with van der Waals surface area (Å²) in [6.45, 7) is 2.49. The Morgan fingerprint density at radius 2 is 2.18 bits per heavy atom. The molecule has 0 aliphatic carbocycles. The Labute approximate surface area is 134 Å². The fourth-order valence-electron chi connectivity index (χ4n) is 2.42. The lowest BCUT2D eigenvalue weighted by Crippen LogP contribution is -2.14. The van der Waals surface area contributed by atoms with Gasteiger partial charge in [-0.05, 0) is 26.1 Å². The molecule has 0 saturated carbocycles. The molecule has 118 valence electrons. The Morgan fingerprint density at radius 1 is 1.50 bits per heavy atom. The van der Waals surface area contributed by atoms with Crippen molar-refractivity contribution in [1.82, 2.24) is 9.88 Å². The van der Waals surface area contributed by atoms with Crippen LogP contribution in [0.15, 0.2) is 12.1 Å². The maximum atomic E-state index is 12.2. The molecule has 0 aliphatic rings. The molecule has 2 aromatic rings. The lowest BCUT2D eigenvalue weighted by atomic mass is 10.1. The van der Waals surface area contributed by atoms with Gasteiger partial charge >= 0.3 is 5.97 Å². The predicted molar refractivity (Wildman–Crippen MR) is 85.3 cm³/mol. The van der Waals surface area contributed by atoms with Crippen molar-refractivity contribution in [2.75, 3.05) is 13.7 Å². The van der Waals surface area contributed by atoms with Gasteiger partial charge in [-0.15, -0.1) is 12.4 Å². The van der Waals surface area contributed by atoms with Crippen LogP contribution in [-0.2, 0) is 18.3 Å². The van der Waals surface area contributed by atoms with E-state index in [1.807, 2.05) is 17.7 Å². The van der Waals surface area contributed by atoms with E-state index in [-0.39, 0.29) is 30.3 Å². The summed E-state index contributed by atoms with van der Waals surface area (Å²) in [7, 11) is 3.60. The van der Waals surface area contributed by atoms with Gasteiger partial charge in [0.2, 0.25) is 0 Å². The quantitative estimate of drug-likeness (QED) is 0.841. The highest BCUT2D eigenvalue weighted by atomic mass is 35.5. The lowest BCUT2D eigenvalue weighted by Gasteiger charge is -2.06. The third-order valence-corrected chi connectivity index (χ3v) is 3.38. The van der Waals surface area contributed by atoms with E-state index in [9.17, 15) is 9.90 Å². The van der Waals surface area contributed by atoms with Gasteiger partial charge in [0.05, 0.1) is 23.3 Å². The van der Waals surface area contributed by atoms with E-state index in [1.54, 1.807) is 20.0 Å². The third kappa shape index (κ3) is 2.86. The van der Waals surface area contributed by atoms with Crippen molar-refractivity contribution in [3.05, 3.63) is 29.0 Å². The van der Waals surface area contributed by atoms with Crippen LogP contribution >= 0.6 is 12.4 Å². The van der Waals surface area contributed by atoms with Crippen molar-refractivity contribution < 1.29 is 14.6 Å². The summed E-state index contributed by atoms with van der Waals surface area (Å²) in [5, 5.41) is 22.5. The number of hydrogen-bond donors (Lipinski definition) is 2. The van der Waals surface area contributed by atoms with Crippen molar-refractivity contribution in [2.24, 2.45) is 7.05 Å². The Hall–Kier alpha value is -2.23.